The normalized spacial score (nSPS) is 10.9. The van der Waals surface area contributed by atoms with E-state index in [1.807, 2.05) is 0 Å². The highest BCUT2D eigenvalue weighted by Crippen LogP contribution is 2.21. The molecular weight excluding hydrogens is 248 g/mol. The van der Waals surface area contributed by atoms with E-state index in [2.05, 4.69) is 0 Å². The first-order valence-electron chi connectivity index (χ1n) is 5.72. The zero-order chi connectivity index (χ0) is 14.8. The van der Waals surface area contributed by atoms with Crippen molar-refractivity contribution in [2.24, 2.45) is 0 Å². The van der Waals surface area contributed by atoms with Crippen LogP contribution in [0.1, 0.15) is 13.8 Å². The molecule has 0 aliphatic heterocycles. The topological polar surface area (TPSA) is 81.1 Å². The second-order valence-corrected chi connectivity index (χ2v) is 4.78. The monoisotopic (exact) mass is 266 g/mol. The summed E-state index contributed by atoms with van der Waals surface area (Å²) in [6.45, 7) is 2.91. The van der Waals surface area contributed by atoms with Gasteiger partial charge in [-0.15, -0.1) is 0 Å². The van der Waals surface area contributed by atoms with Crippen molar-refractivity contribution < 1.29 is 19.8 Å². The van der Waals surface area contributed by atoms with Crippen molar-refractivity contribution in [3.05, 3.63) is 24.3 Å². The molecule has 19 heavy (non-hydrogen) atoms. The molecule has 0 saturated heterocycles. The lowest BCUT2D eigenvalue weighted by molar-refractivity contribution is -0.146. The van der Waals surface area contributed by atoms with E-state index in [-0.39, 0.29) is 5.75 Å². The zero-order valence-corrected chi connectivity index (χ0v) is 11.4. The molecule has 2 N–H and O–H groups in total. The molecule has 1 aromatic rings. The highest BCUT2D eigenvalue weighted by atomic mass is 16.4. The minimum Gasteiger partial charge on any atom is -0.508 e. The van der Waals surface area contributed by atoms with Gasteiger partial charge < -0.3 is 15.1 Å². The van der Waals surface area contributed by atoms with Crippen molar-refractivity contribution in [3.8, 4) is 5.75 Å². The van der Waals surface area contributed by atoms with Gasteiger partial charge in [0.1, 0.15) is 11.3 Å². The predicted octanol–water partition coefficient (Wildman–Crippen LogP) is 1.74. The Labute approximate surface area is 111 Å². The molecule has 0 saturated carbocycles. The van der Waals surface area contributed by atoms with Crippen LogP contribution in [0, 0.1) is 0 Å². The number of nitrogens with zero attached hydrogens (tertiary/aromatic N) is 2. The van der Waals surface area contributed by atoms with E-state index in [9.17, 15) is 14.7 Å². The number of amides is 2. The molecule has 0 heterocycles. The summed E-state index contributed by atoms with van der Waals surface area (Å²) < 4.78 is 0. The molecule has 6 heteroatoms. The number of rotatable bonds is 3. The maximum absolute atomic E-state index is 12.2. The quantitative estimate of drug-likeness (QED) is 0.873. The second-order valence-electron chi connectivity index (χ2n) is 4.78. The van der Waals surface area contributed by atoms with E-state index in [0.29, 0.717) is 5.69 Å². The zero-order valence-electron chi connectivity index (χ0n) is 11.4. The van der Waals surface area contributed by atoms with Gasteiger partial charge in [0, 0.05) is 19.8 Å². The average molecular weight is 266 g/mol. The number of phenols is 1. The van der Waals surface area contributed by atoms with E-state index in [0.717, 1.165) is 4.90 Å². The summed E-state index contributed by atoms with van der Waals surface area (Å²) in [7, 11) is 2.98. The molecule has 104 valence electrons. The molecule has 0 fully saturated rings. The maximum Gasteiger partial charge on any atom is 0.329 e. The predicted molar refractivity (Wildman–Crippen MR) is 71.4 cm³/mol. The van der Waals surface area contributed by atoms with E-state index in [1.165, 1.54) is 37.9 Å². The van der Waals surface area contributed by atoms with Crippen molar-refractivity contribution >= 4 is 17.7 Å². The van der Waals surface area contributed by atoms with Gasteiger partial charge in [0.2, 0.25) is 0 Å². The Morgan fingerprint density at radius 1 is 1.11 bits per heavy atom. The van der Waals surface area contributed by atoms with Crippen molar-refractivity contribution in [2.75, 3.05) is 19.0 Å². The first-order chi connectivity index (χ1) is 8.67. The summed E-state index contributed by atoms with van der Waals surface area (Å²) in [4.78, 5) is 25.8. The minimum absolute atomic E-state index is 0.101. The van der Waals surface area contributed by atoms with Crippen LogP contribution in [0.25, 0.3) is 0 Å². The van der Waals surface area contributed by atoms with Crippen molar-refractivity contribution in [1.82, 2.24) is 4.90 Å². The Balaban J connectivity index is 2.94. The summed E-state index contributed by atoms with van der Waals surface area (Å²) in [6, 6.07) is 5.63. The van der Waals surface area contributed by atoms with Crippen LogP contribution < -0.4 is 4.90 Å². The molecular formula is C13H18N2O4. The number of urea groups is 1. The summed E-state index contributed by atoms with van der Waals surface area (Å²) in [5, 5.41) is 18.3. The van der Waals surface area contributed by atoms with Gasteiger partial charge in [0.05, 0.1) is 0 Å². The maximum atomic E-state index is 12.2. The molecule has 1 rings (SSSR count). The first kappa shape index (κ1) is 14.8. The molecule has 0 bridgehead atoms. The number of carbonyl (C=O) groups is 2. The van der Waals surface area contributed by atoms with Crippen LogP contribution >= 0.6 is 0 Å². The van der Waals surface area contributed by atoms with Gasteiger partial charge in [-0.3, -0.25) is 4.90 Å². The number of phenolic OH excluding ortho intramolecular Hbond substituents is 1. The number of aliphatic carboxylic acids is 1. The molecule has 0 aliphatic rings. The first-order valence-corrected chi connectivity index (χ1v) is 5.72. The smallest absolute Gasteiger partial charge is 0.329 e. The number of carboxylic acid groups (broad SMARTS) is 1. The Hall–Kier alpha value is -2.24. The number of carboxylic acids is 1. The molecule has 2 amide bonds. The van der Waals surface area contributed by atoms with Gasteiger partial charge in [-0.2, -0.15) is 0 Å². The van der Waals surface area contributed by atoms with Gasteiger partial charge in [-0.25, -0.2) is 9.59 Å². The third-order valence-electron chi connectivity index (χ3n) is 3.17. The lowest BCUT2D eigenvalue weighted by Crippen LogP contribution is -2.54. The van der Waals surface area contributed by atoms with Crippen LogP contribution in [0.2, 0.25) is 0 Å². The summed E-state index contributed by atoms with van der Waals surface area (Å²) in [5.41, 5.74) is -0.738. The van der Waals surface area contributed by atoms with Crippen LogP contribution in [0.4, 0.5) is 10.5 Å². The molecule has 0 atom stereocenters. The van der Waals surface area contributed by atoms with E-state index < -0.39 is 17.5 Å². The van der Waals surface area contributed by atoms with Crippen LogP contribution in [-0.4, -0.2) is 46.7 Å². The van der Waals surface area contributed by atoms with Crippen molar-refractivity contribution in [3.63, 3.8) is 0 Å². The molecule has 0 radical (unpaired) electrons. The Morgan fingerprint density at radius 3 is 2.00 bits per heavy atom. The Morgan fingerprint density at radius 2 is 1.58 bits per heavy atom. The second kappa shape index (κ2) is 5.17. The minimum atomic E-state index is -1.30. The standard InChI is InChI=1S/C13H18N2O4/c1-13(2,11(17)18)15(4)12(19)14(3)9-5-7-10(16)8-6-9/h5-8,16H,1-4H3,(H,17,18). The SMILES string of the molecule is CN(C(=O)N(C)C(C)(C)C(=O)O)c1ccc(O)cc1. The molecule has 6 nitrogen and oxygen atoms in total. The number of anilines is 1. The van der Waals surface area contributed by atoms with E-state index >= 15 is 0 Å². The number of likely N-dealkylation sites (N-methyl/N-ethyl adjacent to an activating group) is 1. The molecule has 0 aromatic heterocycles. The number of carbonyl (C=O) groups excluding carboxylic acids is 1. The third-order valence-corrected chi connectivity index (χ3v) is 3.17. The number of hydrogen-bond acceptors (Lipinski definition) is 3. The fourth-order valence-corrected chi connectivity index (χ4v) is 1.39. The number of aromatic hydroxyl groups is 1. The summed E-state index contributed by atoms with van der Waals surface area (Å²) in [5.74, 6) is -0.980. The largest absolute Gasteiger partial charge is 0.508 e. The molecule has 1 aromatic carbocycles. The van der Waals surface area contributed by atoms with Gasteiger partial charge in [0.25, 0.3) is 0 Å². The highest BCUT2D eigenvalue weighted by molar-refractivity contribution is 5.95. The summed E-state index contributed by atoms with van der Waals surface area (Å²) in [6.07, 6.45) is 0. The highest BCUT2D eigenvalue weighted by Gasteiger charge is 2.36. The lowest BCUT2D eigenvalue weighted by Gasteiger charge is -2.34. The van der Waals surface area contributed by atoms with E-state index in [1.54, 1.807) is 19.2 Å². The van der Waals surface area contributed by atoms with Crippen LogP contribution in [0.3, 0.4) is 0 Å². The fraction of sp³-hybridized carbons (Fsp3) is 0.385. The van der Waals surface area contributed by atoms with Gasteiger partial charge in [-0.1, -0.05) is 0 Å². The van der Waals surface area contributed by atoms with Crippen molar-refractivity contribution in [2.45, 2.75) is 19.4 Å². The molecule has 0 unspecified atom stereocenters. The van der Waals surface area contributed by atoms with Crippen molar-refractivity contribution in [1.29, 1.82) is 0 Å². The Kier molecular flexibility index (Phi) is 4.04. The van der Waals surface area contributed by atoms with Crippen LogP contribution in [0.15, 0.2) is 24.3 Å². The third kappa shape index (κ3) is 2.96. The number of benzene rings is 1. The Bertz CT molecular complexity index is 482. The molecule has 0 spiro atoms. The molecule has 0 aliphatic carbocycles. The van der Waals surface area contributed by atoms with Crippen LogP contribution in [0.5, 0.6) is 5.75 Å². The van der Waals surface area contributed by atoms with E-state index in [4.69, 9.17) is 5.11 Å². The van der Waals surface area contributed by atoms with Gasteiger partial charge >= 0.3 is 12.0 Å². The fourth-order valence-electron chi connectivity index (χ4n) is 1.39. The number of hydrogen-bond donors (Lipinski definition) is 2. The summed E-state index contributed by atoms with van der Waals surface area (Å²) >= 11 is 0. The van der Waals surface area contributed by atoms with Gasteiger partial charge in [0.15, 0.2) is 0 Å². The van der Waals surface area contributed by atoms with Crippen LogP contribution in [-0.2, 0) is 4.79 Å². The van der Waals surface area contributed by atoms with Gasteiger partial charge in [-0.05, 0) is 38.1 Å². The average Bonchev–Trinajstić information content (AvgIpc) is 2.36. The lowest BCUT2D eigenvalue weighted by atomic mass is 10.0.